The molecule has 0 radical (unpaired) electrons. The molecule has 2 N–H and O–H groups in total. The first-order valence-electron chi connectivity index (χ1n) is 10.2. The fraction of sp³-hybridized carbons (Fsp3) is 0.550. The van der Waals surface area contributed by atoms with Gasteiger partial charge in [-0.15, -0.1) is 0 Å². The van der Waals surface area contributed by atoms with Crippen LogP contribution in [0.5, 0.6) is 0 Å². The molecule has 0 saturated carbocycles. The minimum absolute atomic E-state index is 0.466. The first kappa shape index (κ1) is 19.9. The minimum Gasteiger partial charge on any atom is -0.467 e. The van der Waals surface area contributed by atoms with Crippen LogP contribution < -0.4 is 20.4 Å². The van der Waals surface area contributed by atoms with E-state index in [0.29, 0.717) is 36.9 Å². The number of anilines is 3. The number of aromatic nitrogens is 2. The van der Waals surface area contributed by atoms with Crippen molar-refractivity contribution < 1.29 is 9.15 Å². The van der Waals surface area contributed by atoms with Gasteiger partial charge in [-0.1, -0.05) is 0 Å². The van der Waals surface area contributed by atoms with E-state index in [0.717, 1.165) is 37.0 Å². The summed E-state index contributed by atoms with van der Waals surface area (Å²) < 4.78 is 10.8. The molecule has 2 aliphatic heterocycles. The van der Waals surface area contributed by atoms with Crippen molar-refractivity contribution in [1.82, 2.24) is 15.3 Å². The van der Waals surface area contributed by atoms with Gasteiger partial charge in [0.2, 0.25) is 5.95 Å². The highest BCUT2D eigenvalue weighted by molar-refractivity contribution is 7.80. The number of nitrogens with one attached hydrogen (secondary N) is 2. The summed E-state index contributed by atoms with van der Waals surface area (Å²) in [6.07, 6.45) is 5.29. The molecule has 0 aliphatic carbocycles. The zero-order valence-corrected chi connectivity index (χ0v) is 17.6. The quantitative estimate of drug-likeness (QED) is 0.715. The minimum atomic E-state index is 0.466. The smallest absolute Gasteiger partial charge is 0.232 e. The first-order valence-corrected chi connectivity index (χ1v) is 10.7. The number of rotatable bonds is 5. The molecule has 2 aromatic heterocycles. The third-order valence-electron chi connectivity index (χ3n) is 5.36. The average molecular weight is 417 g/mol. The molecule has 0 aromatic carbocycles. The molecule has 9 heteroatoms. The summed E-state index contributed by atoms with van der Waals surface area (Å²) in [6.45, 7) is 6.87. The van der Waals surface area contributed by atoms with Gasteiger partial charge in [0.05, 0.1) is 26.0 Å². The number of furan rings is 1. The molecule has 29 heavy (non-hydrogen) atoms. The Bertz CT molecular complexity index is 809. The monoisotopic (exact) mass is 416 g/mol. The van der Waals surface area contributed by atoms with Gasteiger partial charge in [0, 0.05) is 31.7 Å². The average Bonchev–Trinajstić information content (AvgIpc) is 3.27. The standard InChI is InChI=1S/C20H28N6O2S/c1-15-5-2-3-7-26(15)18-13-17(25-8-11-27-12-9-25)22-19(23-18)24-20(29)21-14-16-6-4-10-28-16/h4,6,10,13,15H,2-3,5,7-9,11-12,14H2,1H3,(H2,21,22,23,24,29)/t15-/m1/s1. The number of thiocarbonyl (C=S) groups is 1. The second-order valence-electron chi connectivity index (χ2n) is 7.43. The predicted molar refractivity (Wildman–Crippen MR) is 117 cm³/mol. The maximum atomic E-state index is 5.50. The van der Waals surface area contributed by atoms with Gasteiger partial charge in [0.1, 0.15) is 17.4 Å². The normalized spacial score (nSPS) is 19.8. The third kappa shape index (κ3) is 5.16. The highest BCUT2D eigenvalue weighted by Crippen LogP contribution is 2.27. The Hall–Kier alpha value is -2.39. The van der Waals surface area contributed by atoms with Crippen molar-refractivity contribution >= 4 is 34.9 Å². The van der Waals surface area contributed by atoms with E-state index in [1.165, 1.54) is 19.3 Å². The topological polar surface area (TPSA) is 78.7 Å². The van der Waals surface area contributed by atoms with Gasteiger partial charge in [-0.25, -0.2) is 0 Å². The molecule has 0 spiro atoms. The van der Waals surface area contributed by atoms with E-state index in [9.17, 15) is 0 Å². The van der Waals surface area contributed by atoms with E-state index in [1.54, 1.807) is 6.26 Å². The van der Waals surface area contributed by atoms with Crippen molar-refractivity contribution in [2.24, 2.45) is 0 Å². The molecule has 0 amide bonds. The SMILES string of the molecule is C[C@@H]1CCCCN1c1cc(N2CCOCC2)nc(NC(=S)NCc2ccco2)n1. The summed E-state index contributed by atoms with van der Waals surface area (Å²) in [6, 6.07) is 6.32. The lowest BCUT2D eigenvalue weighted by Gasteiger charge is -2.35. The molecule has 0 bridgehead atoms. The summed E-state index contributed by atoms with van der Waals surface area (Å²) in [5, 5.41) is 6.76. The Labute approximate surface area is 176 Å². The number of morpholine rings is 1. The van der Waals surface area contributed by atoms with Crippen molar-refractivity contribution in [3.63, 3.8) is 0 Å². The van der Waals surface area contributed by atoms with Crippen molar-refractivity contribution in [3.05, 3.63) is 30.2 Å². The van der Waals surface area contributed by atoms with Gasteiger partial charge in [0.25, 0.3) is 0 Å². The number of hydrogen-bond acceptors (Lipinski definition) is 7. The van der Waals surface area contributed by atoms with Crippen LogP contribution in [0.4, 0.5) is 17.6 Å². The zero-order chi connectivity index (χ0) is 20.1. The number of hydrogen-bond donors (Lipinski definition) is 2. The molecule has 4 heterocycles. The lowest BCUT2D eigenvalue weighted by atomic mass is 10.0. The van der Waals surface area contributed by atoms with E-state index < -0.39 is 0 Å². The summed E-state index contributed by atoms with van der Waals surface area (Å²) in [5.74, 6) is 3.19. The Morgan fingerprint density at radius 1 is 1.21 bits per heavy atom. The van der Waals surface area contributed by atoms with E-state index in [4.69, 9.17) is 31.3 Å². The Morgan fingerprint density at radius 3 is 2.79 bits per heavy atom. The van der Waals surface area contributed by atoms with E-state index in [1.807, 2.05) is 12.1 Å². The molecule has 2 fully saturated rings. The number of nitrogens with zero attached hydrogens (tertiary/aromatic N) is 4. The van der Waals surface area contributed by atoms with Crippen molar-refractivity contribution in [2.75, 3.05) is 48.0 Å². The fourth-order valence-corrected chi connectivity index (χ4v) is 3.91. The Kier molecular flexibility index (Phi) is 6.46. The predicted octanol–water partition coefficient (Wildman–Crippen LogP) is 2.77. The van der Waals surface area contributed by atoms with Gasteiger partial charge in [0.15, 0.2) is 5.11 Å². The van der Waals surface area contributed by atoms with Crippen LogP contribution in [-0.4, -0.2) is 54.0 Å². The van der Waals surface area contributed by atoms with E-state index >= 15 is 0 Å². The van der Waals surface area contributed by atoms with Gasteiger partial charge >= 0.3 is 0 Å². The molecule has 1 atom stereocenters. The second-order valence-corrected chi connectivity index (χ2v) is 7.84. The second kappa shape index (κ2) is 9.41. The number of ether oxygens (including phenoxy) is 1. The van der Waals surface area contributed by atoms with Gasteiger partial charge in [-0.05, 0) is 50.5 Å². The summed E-state index contributed by atoms with van der Waals surface area (Å²) >= 11 is 5.44. The van der Waals surface area contributed by atoms with Crippen molar-refractivity contribution in [3.8, 4) is 0 Å². The lowest BCUT2D eigenvalue weighted by Crippen LogP contribution is -2.40. The Balaban J connectivity index is 1.52. The molecule has 0 unspecified atom stereocenters. The summed E-state index contributed by atoms with van der Waals surface area (Å²) in [4.78, 5) is 14.1. The third-order valence-corrected chi connectivity index (χ3v) is 5.61. The van der Waals surface area contributed by atoms with Gasteiger partial charge in [-0.3, -0.25) is 0 Å². The molecular weight excluding hydrogens is 388 g/mol. The van der Waals surface area contributed by atoms with Crippen LogP contribution in [0.15, 0.2) is 28.9 Å². The fourth-order valence-electron chi connectivity index (χ4n) is 3.74. The largest absolute Gasteiger partial charge is 0.467 e. The van der Waals surface area contributed by atoms with Gasteiger partial charge < -0.3 is 29.6 Å². The van der Waals surface area contributed by atoms with E-state index in [-0.39, 0.29) is 0 Å². The van der Waals surface area contributed by atoms with Crippen LogP contribution in [0.2, 0.25) is 0 Å². The lowest BCUT2D eigenvalue weighted by molar-refractivity contribution is 0.122. The van der Waals surface area contributed by atoms with Crippen molar-refractivity contribution in [2.45, 2.75) is 38.8 Å². The summed E-state index contributed by atoms with van der Waals surface area (Å²) in [5.41, 5.74) is 0. The van der Waals surface area contributed by atoms with Crippen LogP contribution in [0.3, 0.4) is 0 Å². The Morgan fingerprint density at radius 2 is 2.03 bits per heavy atom. The molecule has 156 valence electrons. The van der Waals surface area contributed by atoms with Crippen LogP contribution in [0.1, 0.15) is 31.9 Å². The number of piperidine rings is 1. The van der Waals surface area contributed by atoms with Crippen molar-refractivity contribution in [1.29, 1.82) is 0 Å². The highest BCUT2D eigenvalue weighted by atomic mass is 32.1. The molecule has 2 aromatic rings. The van der Waals surface area contributed by atoms with Gasteiger partial charge in [-0.2, -0.15) is 9.97 Å². The maximum Gasteiger partial charge on any atom is 0.232 e. The van der Waals surface area contributed by atoms with Crippen LogP contribution in [0, 0.1) is 0 Å². The zero-order valence-electron chi connectivity index (χ0n) is 16.8. The molecule has 2 aliphatic rings. The maximum absolute atomic E-state index is 5.50. The van der Waals surface area contributed by atoms with Crippen LogP contribution in [0.25, 0.3) is 0 Å². The van der Waals surface area contributed by atoms with E-state index in [2.05, 4.69) is 33.4 Å². The van der Waals surface area contributed by atoms with Crippen LogP contribution in [-0.2, 0) is 11.3 Å². The molecule has 8 nitrogen and oxygen atoms in total. The molecular formula is C20H28N6O2S. The molecule has 4 rings (SSSR count). The highest BCUT2D eigenvalue weighted by Gasteiger charge is 2.23. The van der Waals surface area contributed by atoms with Crippen LogP contribution >= 0.6 is 12.2 Å². The molecule has 2 saturated heterocycles. The summed E-state index contributed by atoms with van der Waals surface area (Å²) in [7, 11) is 0. The first-order chi connectivity index (χ1) is 14.2.